The summed E-state index contributed by atoms with van der Waals surface area (Å²) < 4.78 is 1.39. The molecule has 0 saturated heterocycles. The molecule has 15 heavy (non-hydrogen) atoms. The van der Waals surface area contributed by atoms with Crippen LogP contribution in [-0.2, 0) is 11.8 Å². The van der Waals surface area contributed by atoms with E-state index in [9.17, 15) is 9.59 Å². The van der Waals surface area contributed by atoms with Crippen molar-refractivity contribution in [3.05, 3.63) is 11.3 Å². The number of carboxylic acids is 1. The largest absolute Gasteiger partial charge is 0.480 e. The van der Waals surface area contributed by atoms with Crippen LogP contribution in [0.15, 0.2) is 0 Å². The summed E-state index contributed by atoms with van der Waals surface area (Å²) >= 11 is 0. The molecule has 4 N–H and O–H groups in total. The molecule has 0 aliphatic rings. The Labute approximate surface area is 85.9 Å². The van der Waals surface area contributed by atoms with Gasteiger partial charge in [-0.05, 0) is 6.92 Å². The zero-order valence-corrected chi connectivity index (χ0v) is 8.44. The van der Waals surface area contributed by atoms with E-state index in [1.54, 1.807) is 14.0 Å². The van der Waals surface area contributed by atoms with Crippen LogP contribution in [0.2, 0.25) is 0 Å². The molecule has 0 bridgehead atoms. The average Bonchev–Trinajstić information content (AvgIpc) is 2.37. The number of hydrogen-bond acceptors (Lipinski definition) is 4. The first-order valence-electron chi connectivity index (χ1n) is 4.22. The fraction of sp³-hybridized carbons (Fsp3) is 0.375. The summed E-state index contributed by atoms with van der Waals surface area (Å²) in [7, 11) is 1.60. The highest BCUT2D eigenvalue weighted by molar-refractivity contribution is 5.99. The van der Waals surface area contributed by atoms with E-state index >= 15 is 0 Å². The Hall–Kier alpha value is -2.05. The first kappa shape index (κ1) is 11.0. The number of nitrogens with zero attached hydrogens (tertiary/aromatic N) is 2. The Morgan fingerprint density at radius 3 is 2.67 bits per heavy atom. The van der Waals surface area contributed by atoms with E-state index in [1.165, 1.54) is 4.68 Å². The Morgan fingerprint density at radius 1 is 1.60 bits per heavy atom. The summed E-state index contributed by atoms with van der Waals surface area (Å²) in [5.41, 5.74) is 5.85. The lowest BCUT2D eigenvalue weighted by molar-refractivity contribution is -0.134. The second kappa shape index (κ2) is 3.99. The van der Waals surface area contributed by atoms with Crippen LogP contribution in [0.1, 0.15) is 16.1 Å². The monoisotopic (exact) mass is 212 g/mol. The van der Waals surface area contributed by atoms with Crippen LogP contribution in [0.3, 0.4) is 0 Å². The number of carbonyl (C=O) groups is 2. The smallest absolute Gasteiger partial charge is 0.322 e. The highest BCUT2D eigenvalue weighted by atomic mass is 16.4. The molecule has 1 heterocycles. The van der Waals surface area contributed by atoms with Gasteiger partial charge >= 0.3 is 5.97 Å². The quantitative estimate of drug-likeness (QED) is 0.612. The van der Waals surface area contributed by atoms with Crippen molar-refractivity contribution in [2.24, 2.45) is 12.8 Å². The molecule has 1 amide bonds. The van der Waals surface area contributed by atoms with E-state index in [0.29, 0.717) is 11.5 Å². The van der Waals surface area contributed by atoms with Gasteiger partial charge in [0.15, 0.2) is 0 Å². The van der Waals surface area contributed by atoms with E-state index in [2.05, 4.69) is 10.4 Å². The predicted molar refractivity (Wildman–Crippen MR) is 52.6 cm³/mol. The minimum absolute atomic E-state index is 0.221. The number of anilines is 1. The van der Waals surface area contributed by atoms with E-state index < -0.39 is 11.9 Å². The van der Waals surface area contributed by atoms with Crippen LogP contribution in [0.4, 0.5) is 5.82 Å². The fourth-order valence-corrected chi connectivity index (χ4v) is 1.32. The summed E-state index contributed by atoms with van der Waals surface area (Å²) in [6.45, 7) is 1.34. The van der Waals surface area contributed by atoms with E-state index in [-0.39, 0.29) is 12.1 Å². The van der Waals surface area contributed by atoms with Gasteiger partial charge in [-0.2, -0.15) is 5.10 Å². The number of carbonyl (C=O) groups excluding carboxylic acids is 1. The predicted octanol–water partition coefficient (Wildman–Crippen LogP) is -0.676. The minimum atomic E-state index is -1.02. The van der Waals surface area contributed by atoms with Crippen molar-refractivity contribution in [2.75, 3.05) is 11.9 Å². The second-order valence-electron chi connectivity index (χ2n) is 3.04. The molecule has 0 saturated carbocycles. The van der Waals surface area contributed by atoms with Gasteiger partial charge in [-0.15, -0.1) is 0 Å². The number of primary amides is 1. The third-order valence-corrected chi connectivity index (χ3v) is 1.88. The highest BCUT2D eigenvalue weighted by Gasteiger charge is 2.17. The molecule has 0 aliphatic carbocycles. The van der Waals surface area contributed by atoms with Crippen LogP contribution >= 0.6 is 0 Å². The summed E-state index contributed by atoms with van der Waals surface area (Å²) in [6, 6.07) is 0. The van der Waals surface area contributed by atoms with Gasteiger partial charge in [0.2, 0.25) is 0 Å². The van der Waals surface area contributed by atoms with E-state index in [0.717, 1.165) is 0 Å². The summed E-state index contributed by atoms with van der Waals surface area (Å²) in [5, 5.41) is 15.0. The van der Waals surface area contributed by atoms with Crippen LogP contribution in [-0.4, -0.2) is 33.3 Å². The van der Waals surface area contributed by atoms with Crippen LogP contribution in [0, 0.1) is 6.92 Å². The molecule has 0 spiro atoms. The number of nitrogens with two attached hydrogens (primary N) is 1. The summed E-state index contributed by atoms with van der Waals surface area (Å²) in [6.07, 6.45) is 0. The standard InChI is InChI=1S/C8H12N4O3/c1-4-6(7(9)15)8(12(2)11-4)10-3-5(13)14/h10H,3H2,1-2H3,(H2,9,15)(H,13,14). The molecule has 0 unspecified atom stereocenters. The molecule has 82 valence electrons. The van der Waals surface area contributed by atoms with Crippen LogP contribution in [0.5, 0.6) is 0 Å². The van der Waals surface area contributed by atoms with Gasteiger partial charge < -0.3 is 16.2 Å². The lowest BCUT2D eigenvalue weighted by atomic mass is 10.2. The van der Waals surface area contributed by atoms with Gasteiger partial charge in [-0.1, -0.05) is 0 Å². The van der Waals surface area contributed by atoms with Gasteiger partial charge in [-0.3, -0.25) is 14.3 Å². The zero-order valence-electron chi connectivity index (χ0n) is 8.44. The van der Waals surface area contributed by atoms with Gasteiger partial charge in [0.1, 0.15) is 17.9 Å². The molecule has 0 atom stereocenters. The highest BCUT2D eigenvalue weighted by Crippen LogP contribution is 2.17. The lowest BCUT2D eigenvalue weighted by Gasteiger charge is -2.05. The van der Waals surface area contributed by atoms with Crippen LogP contribution < -0.4 is 11.1 Å². The Kier molecular flexibility index (Phi) is 2.93. The number of aromatic nitrogens is 2. The Balaban J connectivity index is 3.04. The number of carboxylic acid groups (broad SMARTS) is 1. The maximum Gasteiger partial charge on any atom is 0.322 e. The van der Waals surface area contributed by atoms with Crippen LogP contribution in [0.25, 0.3) is 0 Å². The molecule has 7 nitrogen and oxygen atoms in total. The topological polar surface area (TPSA) is 110 Å². The van der Waals surface area contributed by atoms with Crippen molar-refractivity contribution in [3.63, 3.8) is 0 Å². The molecule has 1 aromatic heterocycles. The first-order chi connectivity index (χ1) is 6.93. The molecular formula is C8H12N4O3. The van der Waals surface area contributed by atoms with Gasteiger partial charge in [-0.25, -0.2) is 0 Å². The number of aliphatic carboxylic acids is 1. The van der Waals surface area contributed by atoms with Crippen molar-refractivity contribution in [2.45, 2.75) is 6.92 Å². The molecule has 0 radical (unpaired) electrons. The number of hydrogen-bond donors (Lipinski definition) is 3. The molecule has 1 aromatic rings. The number of nitrogens with one attached hydrogen (secondary N) is 1. The normalized spacial score (nSPS) is 10.0. The molecule has 0 aliphatic heterocycles. The molecular weight excluding hydrogens is 200 g/mol. The van der Waals surface area contributed by atoms with Crippen molar-refractivity contribution in [3.8, 4) is 0 Å². The third-order valence-electron chi connectivity index (χ3n) is 1.88. The average molecular weight is 212 g/mol. The van der Waals surface area contributed by atoms with Gasteiger partial charge in [0, 0.05) is 7.05 Å². The van der Waals surface area contributed by atoms with Crippen molar-refractivity contribution < 1.29 is 14.7 Å². The van der Waals surface area contributed by atoms with Gasteiger partial charge in [0.25, 0.3) is 5.91 Å². The molecule has 0 fully saturated rings. The maximum atomic E-state index is 11.1. The second-order valence-corrected chi connectivity index (χ2v) is 3.04. The van der Waals surface area contributed by atoms with Crippen molar-refractivity contribution in [1.82, 2.24) is 9.78 Å². The summed E-state index contributed by atoms with van der Waals surface area (Å²) in [5.74, 6) is -1.33. The maximum absolute atomic E-state index is 11.1. The number of aryl methyl sites for hydroxylation is 2. The fourth-order valence-electron chi connectivity index (χ4n) is 1.32. The number of rotatable bonds is 4. The first-order valence-corrected chi connectivity index (χ1v) is 4.22. The van der Waals surface area contributed by atoms with Crippen molar-refractivity contribution in [1.29, 1.82) is 0 Å². The molecule has 0 aromatic carbocycles. The van der Waals surface area contributed by atoms with Crippen molar-refractivity contribution >= 4 is 17.7 Å². The van der Waals surface area contributed by atoms with E-state index in [4.69, 9.17) is 10.8 Å². The molecule has 7 heteroatoms. The number of amides is 1. The SMILES string of the molecule is Cc1nn(C)c(NCC(=O)O)c1C(N)=O. The summed E-state index contributed by atoms with van der Waals surface area (Å²) in [4.78, 5) is 21.4. The third kappa shape index (κ3) is 2.25. The minimum Gasteiger partial charge on any atom is -0.480 e. The Bertz CT molecular complexity index is 410. The molecule has 1 rings (SSSR count). The Morgan fingerprint density at radius 2 is 2.20 bits per heavy atom. The zero-order chi connectivity index (χ0) is 11.6. The lowest BCUT2D eigenvalue weighted by Crippen LogP contribution is -2.19. The van der Waals surface area contributed by atoms with Gasteiger partial charge in [0.05, 0.1) is 5.69 Å². The van der Waals surface area contributed by atoms with E-state index in [1.807, 2.05) is 0 Å².